The summed E-state index contributed by atoms with van der Waals surface area (Å²) in [6.45, 7) is 0.134. The third-order valence-electron chi connectivity index (χ3n) is 3.62. The molecule has 5 heteroatoms. The van der Waals surface area contributed by atoms with E-state index < -0.39 is 6.09 Å². The van der Waals surface area contributed by atoms with Gasteiger partial charge in [0.25, 0.3) is 0 Å². The van der Waals surface area contributed by atoms with Crippen LogP contribution in [0.25, 0.3) is 11.3 Å². The molecule has 112 valence electrons. The van der Waals surface area contributed by atoms with E-state index >= 15 is 0 Å². The van der Waals surface area contributed by atoms with Crippen LogP contribution in [0.4, 0.5) is 4.79 Å². The highest BCUT2D eigenvalue weighted by Gasteiger charge is 2.29. The zero-order valence-electron chi connectivity index (χ0n) is 12.0. The molecule has 3 rings (SSSR count). The van der Waals surface area contributed by atoms with Gasteiger partial charge in [-0.05, 0) is 12.5 Å². The Hall–Kier alpha value is -2.69. The van der Waals surface area contributed by atoms with Gasteiger partial charge in [0.05, 0.1) is 11.7 Å². The molecule has 1 amide bonds. The van der Waals surface area contributed by atoms with Gasteiger partial charge in [-0.25, -0.2) is 4.79 Å². The van der Waals surface area contributed by atoms with Crippen LogP contribution in [0, 0.1) is 0 Å². The molecule has 1 N–H and O–H groups in total. The number of nitrogens with zero attached hydrogens (tertiary/aromatic N) is 1. The molecule has 1 aromatic heterocycles. The Labute approximate surface area is 128 Å². The molecule has 1 aliphatic carbocycles. The number of Topliss-reactive ketones (excluding diaryl/α,β-unsaturated/α-hetero) is 1. The van der Waals surface area contributed by atoms with Crippen molar-refractivity contribution >= 4 is 11.9 Å². The number of ketones is 1. The molecule has 0 spiro atoms. The van der Waals surface area contributed by atoms with Crippen molar-refractivity contribution in [2.45, 2.75) is 25.5 Å². The number of aromatic nitrogens is 1. The van der Waals surface area contributed by atoms with Gasteiger partial charge in [-0.3, -0.25) is 9.78 Å². The number of nitrogens with one attached hydrogen (secondary N) is 1. The molecule has 22 heavy (non-hydrogen) atoms. The second-order valence-electron chi connectivity index (χ2n) is 5.20. The number of amides is 1. The van der Waals surface area contributed by atoms with E-state index in [1.807, 2.05) is 42.5 Å². The molecule has 1 heterocycles. The fourth-order valence-corrected chi connectivity index (χ4v) is 2.18. The van der Waals surface area contributed by atoms with Crippen molar-refractivity contribution in [2.24, 2.45) is 0 Å². The Bertz CT molecular complexity index is 668. The number of carbonyl (C=O) groups is 2. The van der Waals surface area contributed by atoms with Gasteiger partial charge < -0.3 is 10.1 Å². The average molecular weight is 296 g/mol. The molecule has 0 radical (unpaired) electrons. The molecule has 1 aromatic carbocycles. The predicted octanol–water partition coefficient (Wildman–Crippen LogP) is 2.71. The average Bonchev–Trinajstić information content (AvgIpc) is 2.58. The van der Waals surface area contributed by atoms with Crippen LogP contribution in [0.1, 0.15) is 18.4 Å². The molecule has 0 bridgehead atoms. The van der Waals surface area contributed by atoms with Gasteiger partial charge in [-0.1, -0.05) is 36.4 Å². The van der Waals surface area contributed by atoms with Crippen LogP contribution in [0.15, 0.2) is 48.7 Å². The molecule has 0 unspecified atom stereocenters. The van der Waals surface area contributed by atoms with E-state index in [-0.39, 0.29) is 18.4 Å². The SMILES string of the molecule is O=C(N[C@H]1CCC1=O)OCc1ccc(-c2ccccc2)nc1. The van der Waals surface area contributed by atoms with E-state index in [1.165, 1.54) is 0 Å². The summed E-state index contributed by atoms with van der Waals surface area (Å²) in [5, 5.41) is 2.54. The maximum Gasteiger partial charge on any atom is 0.408 e. The van der Waals surface area contributed by atoms with Crippen molar-refractivity contribution in [1.82, 2.24) is 10.3 Å². The lowest BCUT2D eigenvalue weighted by Crippen LogP contribution is -2.47. The summed E-state index contributed by atoms with van der Waals surface area (Å²) in [7, 11) is 0. The predicted molar refractivity (Wildman–Crippen MR) is 81.0 cm³/mol. The molecule has 1 fully saturated rings. The highest BCUT2D eigenvalue weighted by molar-refractivity contribution is 5.92. The maximum atomic E-state index is 11.5. The molecular weight excluding hydrogens is 280 g/mol. The maximum absolute atomic E-state index is 11.5. The normalized spacial score (nSPS) is 16.7. The molecule has 1 aliphatic rings. The Morgan fingerprint density at radius 2 is 2.05 bits per heavy atom. The first-order valence-corrected chi connectivity index (χ1v) is 7.19. The Kier molecular flexibility index (Phi) is 4.14. The zero-order chi connectivity index (χ0) is 15.4. The van der Waals surface area contributed by atoms with Gasteiger partial charge in [0, 0.05) is 23.7 Å². The van der Waals surface area contributed by atoms with E-state index in [4.69, 9.17) is 4.74 Å². The van der Waals surface area contributed by atoms with Gasteiger partial charge in [-0.2, -0.15) is 0 Å². The van der Waals surface area contributed by atoms with E-state index in [0.29, 0.717) is 12.8 Å². The minimum Gasteiger partial charge on any atom is -0.445 e. The quantitative estimate of drug-likeness (QED) is 0.942. The van der Waals surface area contributed by atoms with Crippen LogP contribution in [0.2, 0.25) is 0 Å². The van der Waals surface area contributed by atoms with Crippen LogP contribution in [0.3, 0.4) is 0 Å². The number of alkyl carbamates (subject to hydrolysis) is 1. The summed E-state index contributed by atoms with van der Waals surface area (Å²) in [6.07, 6.45) is 2.35. The zero-order valence-corrected chi connectivity index (χ0v) is 12.0. The van der Waals surface area contributed by atoms with Crippen LogP contribution in [-0.2, 0) is 16.1 Å². The smallest absolute Gasteiger partial charge is 0.408 e. The molecule has 5 nitrogen and oxygen atoms in total. The summed E-state index contributed by atoms with van der Waals surface area (Å²) in [4.78, 5) is 27.0. The van der Waals surface area contributed by atoms with E-state index in [9.17, 15) is 9.59 Å². The van der Waals surface area contributed by atoms with Crippen molar-refractivity contribution in [3.05, 3.63) is 54.2 Å². The van der Waals surface area contributed by atoms with Gasteiger partial charge in [-0.15, -0.1) is 0 Å². The molecule has 0 saturated heterocycles. The summed E-state index contributed by atoms with van der Waals surface area (Å²) >= 11 is 0. The summed E-state index contributed by atoms with van der Waals surface area (Å²) in [6, 6.07) is 13.2. The van der Waals surface area contributed by atoms with Crippen molar-refractivity contribution in [3.8, 4) is 11.3 Å². The second-order valence-corrected chi connectivity index (χ2v) is 5.20. The number of pyridine rings is 1. The van der Waals surface area contributed by atoms with Gasteiger partial charge in [0.15, 0.2) is 5.78 Å². The Morgan fingerprint density at radius 1 is 1.23 bits per heavy atom. The number of rotatable bonds is 4. The second kappa shape index (κ2) is 6.39. The monoisotopic (exact) mass is 296 g/mol. The highest BCUT2D eigenvalue weighted by atomic mass is 16.5. The third-order valence-corrected chi connectivity index (χ3v) is 3.62. The first-order valence-electron chi connectivity index (χ1n) is 7.19. The van der Waals surface area contributed by atoms with E-state index in [1.54, 1.807) is 6.20 Å². The minimum atomic E-state index is -0.565. The summed E-state index contributed by atoms with van der Waals surface area (Å²) in [5.41, 5.74) is 2.71. The van der Waals surface area contributed by atoms with Crippen LogP contribution in [0.5, 0.6) is 0 Å². The van der Waals surface area contributed by atoms with Crippen molar-refractivity contribution < 1.29 is 14.3 Å². The largest absolute Gasteiger partial charge is 0.445 e. The lowest BCUT2D eigenvalue weighted by molar-refractivity contribution is -0.126. The topological polar surface area (TPSA) is 68.3 Å². The fourth-order valence-electron chi connectivity index (χ4n) is 2.18. The van der Waals surface area contributed by atoms with Crippen molar-refractivity contribution in [1.29, 1.82) is 0 Å². The standard InChI is InChI=1S/C17H16N2O3/c20-16-9-8-15(16)19-17(21)22-11-12-6-7-14(18-10-12)13-4-2-1-3-5-13/h1-7,10,15H,8-9,11H2,(H,19,21)/t15-/m0/s1. The van der Waals surface area contributed by atoms with Crippen LogP contribution < -0.4 is 5.32 Å². The molecule has 1 saturated carbocycles. The van der Waals surface area contributed by atoms with E-state index in [0.717, 1.165) is 16.8 Å². The van der Waals surface area contributed by atoms with Crippen molar-refractivity contribution in [3.63, 3.8) is 0 Å². The fraction of sp³-hybridized carbons (Fsp3) is 0.235. The lowest BCUT2D eigenvalue weighted by Gasteiger charge is -2.24. The third kappa shape index (κ3) is 3.31. The minimum absolute atomic E-state index is 0.0610. The van der Waals surface area contributed by atoms with Gasteiger partial charge in [0.1, 0.15) is 6.61 Å². The number of hydrogen-bond acceptors (Lipinski definition) is 4. The van der Waals surface area contributed by atoms with Crippen molar-refractivity contribution in [2.75, 3.05) is 0 Å². The number of benzene rings is 1. The first kappa shape index (κ1) is 14.3. The Morgan fingerprint density at radius 3 is 2.64 bits per heavy atom. The number of carbonyl (C=O) groups excluding carboxylic acids is 2. The number of ether oxygens (including phenoxy) is 1. The summed E-state index contributed by atoms with van der Waals surface area (Å²) < 4.78 is 5.09. The first-order chi connectivity index (χ1) is 10.7. The molecule has 0 aliphatic heterocycles. The Balaban J connectivity index is 1.53. The lowest BCUT2D eigenvalue weighted by atomic mass is 9.91. The molecule has 1 atom stereocenters. The van der Waals surface area contributed by atoms with Crippen LogP contribution in [-0.4, -0.2) is 22.9 Å². The molecular formula is C17H16N2O3. The van der Waals surface area contributed by atoms with Crippen LogP contribution >= 0.6 is 0 Å². The summed E-state index contributed by atoms with van der Waals surface area (Å²) in [5.74, 6) is 0.0610. The van der Waals surface area contributed by atoms with Gasteiger partial charge in [0.2, 0.25) is 0 Å². The highest BCUT2D eigenvalue weighted by Crippen LogP contribution is 2.17. The van der Waals surface area contributed by atoms with Gasteiger partial charge >= 0.3 is 6.09 Å². The number of hydrogen-bond donors (Lipinski definition) is 1. The molecule has 2 aromatic rings. The van der Waals surface area contributed by atoms with E-state index in [2.05, 4.69) is 10.3 Å².